The summed E-state index contributed by atoms with van der Waals surface area (Å²) in [6.07, 6.45) is 5.35. The molecule has 2 fully saturated rings. The zero-order valence-electron chi connectivity index (χ0n) is 12.4. The first-order chi connectivity index (χ1) is 9.19. The monoisotopic (exact) mass is 258 g/mol. The van der Waals surface area contributed by atoms with Crippen LogP contribution in [0.2, 0.25) is 0 Å². The van der Waals surface area contributed by atoms with Crippen molar-refractivity contribution in [2.75, 3.05) is 11.9 Å². The second-order valence-corrected chi connectivity index (χ2v) is 6.50. The van der Waals surface area contributed by atoms with Crippen LogP contribution in [0.5, 0.6) is 0 Å². The molecule has 19 heavy (non-hydrogen) atoms. The standard InChI is InChI=1S/C17H26N2/c1-12(2)13-5-4-6-15(9-13)19-16-7-8-17(19)11-14(10-16)18-3/h4-6,9,12,14,16-18H,7-8,10-11H2,1-3H3. The van der Waals surface area contributed by atoms with Crippen molar-refractivity contribution in [2.45, 2.75) is 63.6 Å². The van der Waals surface area contributed by atoms with E-state index in [2.05, 4.69) is 55.4 Å². The van der Waals surface area contributed by atoms with Gasteiger partial charge in [0, 0.05) is 23.8 Å². The molecule has 2 saturated heterocycles. The van der Waals surface area contributed by atoms with E-state index < -0.39 is 0 Å². The first kappa shape index (κ1) is 13.0. The van der Waals surface area contributed by atoms with Gasteiger partial charge in [-0.15, -0.1) is 0 Å². The van der Waals surface area contributed by atoms with Gasteiger partial charge in [-0.1, -0.05) is 26.0 Å². The predicted octanol–water partition coefficient (Wildman–Crippen LogP) is 3.53. The van der Waals surface area contributed by atoms with E-state index in [1.54, 1.807) is 0 Å². The Kier molecular flexibility index (Phi) is 3.53. The number of anilines is 1. The van der Waals surface area contributed by atoms with Crippen molar-refractivity contribution in [3.05, 3.63) is 29.8 Å². The zero-order chi connectivity index (χ0) is 13.4. The third kappa shape index (κ3) is 2.38. The van der Waals surface area contributed by atoms with Crippen molar-refractivity contribution in [3.63, 3.8) is 0 Å². The van der Waals surface area contributed by atoms with Crippen molar-refractivity contribution in [1.29, 1.82) is 0 Å². The van der Waals surface area contributed by atoms with Gasteiger partial charge in [-0.2, -0.15) is 0 Å². The fourth-order valence-corrected chi connectivity index (χ4v) is 3.88. The van der Waals surface area contributed by atoms with Crippen LogP contribution in [-0.2, 0) is 0 Å². The molecular formula is C17H26N2. The molecule has 1 N–H and O–H groups in total. The molecular weight excluding hydrogens is 232 g/mol. The van der Waals surface area contributed by atoms with Gasteiger partial charge in [-0.3, -0.25) is 0 Å². The number of hydrogen-bond donors (Lipinski definition) is 1. The van der Waals surface area contributed by atoms with Crippen molar-refractivity contribution >= 4 is 5.69 Å². The maximum absolute atomic E-state index is 3.48. The molecule has 1 aromatic rings. The largest absolute Gasteiger partial charge is 0.365 e. The minimum Gasteiger partial charge on any atom is -0.365 e. The fraction of sp³-hybridized carbons (Fsp3) is 0.647. The Morgan fingerprint density at radius 1 is 1.16 bits per heavy atom. The maximum Gasteiger partial charge on any atom is 0.0374 e. The van der Waals surface area contributed by atoms with E-state index in [4.69, 9.17) is 0 Å². The Morgan fingerprint density at radius 2 is 1.84 bits per heavy atom. The summed E-state index contributed by atoms with van der Waals surface area (Å²) in [6.45, 7) is 4.56. The first-order valence-electron chi connectivity index (χ1n) is 7.74. The molecule has 2 heteroatoms. The molecule has 1 aromatic carbocycles. The molecule has 0 radical (unpaired) electrons. The number of nitrogens with one attached hydrogen (secondary N) is 1. The van der Waals surface area contributed by atoms with E-state index >= 15 is 0 Å². The van der Waals surface area contributed by atoms with Gasteiger partial charge < -0.3 is 10.2 Å². The van der Waals surface area contributed by atoms with Gasteiger partial charge in [0.1, 0.15) is 0 Å². The molecule has 104 valence electrons. The van der Waals surface area contributed by atoms with E-state index in [0.29, 0.717) is 5.92 Å². The Hall–Kier alpha value is -1.02. The molecule has 2 aliphatic rings. The minimum absolute atomic E-state index is 0.618. The average Bonchev–Trinajstić information content (AvgIpc) is 2.69. The molecule has 2 bridgehead atoms. The van der Waals surface area contributed by atoms with Crippen LogP contribution < -0.4 is 10.2 Å². The van der Waals surface area contributed by atoms with Crippen LogP contribution in [0.4, 0.5) is 5.69 Å². The Morgan fingerprint density at radius 3 is 2.42 bits per heavy atom. The van der Waals surface area contributed by atoms with Gasteiger partial charge in [-0.25, -0.2) is 0 Å². The van der Waals surface area contributed by atoms with Gasteiger partial charge in [0.05, 0.1) is 0 Å². The lowest BCUT2D eigenvalue weighted by atomic mass is 9.95. The molecule has 2 aliphatic heterocycles. The lowest BCUT2D eigenvalue weighted by molar-refractivity contribution is 0.374. The van der Waals surface area contributed by atoms with Crippen molar-refractivity contribution in [1.82, 2.24) is 5.32 Å². The molecule has 0 aliphatic carbocycles. The van der Waals surface area contributed by atoms with Gasteiger partial charge >= 0.3 is 0 Å². The highest BCUT2D eigenvalue weighted by molar-refractivity contribution is 5.53. The second kappa shape index (κ2) is 5.16. The van der Waals surface area contributed by atoms with Crippen LogP contribution in [0.1, 0.15) is 51.0 Å². The second-order valence-electron chi connectivity index (χ2n) is 6.50. The highest BCUT2D eigenvalue weighted by atomic mass is 15.2. The summed E-state index contributed by atoms with van der Waals surface area (Å²) in [4.78, 5) is 2.71. The number of hydrogen-bond acceptors (Lipinski definition) is 2. The summed E-state index contributed by atoms with van der Waals surface area (Å²) in [6, 6.07) is 11.4. The molecule has 2 heterocycles. The lowest BCUT2D eigenvalue weighted by Crippen LogP contribution is -2.48. The van der Waals surface area contributed by atoms with Gasteiger partial charge in [0.2, 0.25) is 0 Å². The lowest BCUT2D eigenvalue weighted by Gasteiger charge is -2.40. The molecule has 0 saturated carbocycles. The van der Waals surface area contributed by atoms with Gasteiger partial charge in [0.25, 0.3) is 0 Å². The van der Waals surface area contributed by atoms with Crippen LogP contribution >= 0.6 is 0 Å². The van der Waals surface area contributed by atoms with Crippen molar-refractivity contribution in [3.8, 4) is 0 Å². The summed E-state index contributed by atoms with van der Waals surface area (Å²) in [5.41, 5.74) is 2.92. The highest BCUT2D eigenvalue weighted by Crippen LogP contribution is 2.39. The third-order valence-corrected chi connectivity index (χ3v) is 4.98. The van der Waals surface area contributed by atoms with E-state index in [1.165, 1.54) is 36.9 Å². The number of rotatable bonds is 3. The fourth-order valence-electron chi connectivity index (χ4n) is 3.88. The molecule has 0 spiro atoms. The highest BCUT2D eigenvalue weighted by Gasteiger charge is 2.40. The third-order valence-electron chi connectivity index (χ3n) is 4.98. The molecule has 2 atom stereocenters. The van der Waals surface area contributed by atoms with Crippen LogP contribution in [0.3, 0.4) is 0 Å². The predicted molar refractivity (Wildman–Crippen MR) is 81.9 cm³/mol. The van der Waals surface area contributed by atoms with E-state index in [-0.39, 0.29) is 0 Å². The maximum atomic E-state index is 3.48. The number of piperidine rings is 1. The summed E-state index contributed by atoms with van der Waals surface area (Å²) in [5.74, 6) is 0.618. The van der Waals surface area contributed by atoms with Crippen LogP contribution in [0.25, 0.3) is 0 Å². The van der Waals surface area contributed by atoms with E-state index in [0.717, 1.165) is 18.1 Å². The Balaban J connectivity index is 1.85. The zero-order valence-corrected chi connectivity index (χ0v) is 12.4. The minimum atomic E-state index is 0.618. The van der Waals surface area contributed by atoms with Gasteiger partial charge in [0.15, 0.2) is 0 Å². The first-order valence-corrected chi connectivity index (χ1v) is 7.74. The SMILES string of the molecule is CNC1CC2CCC(C1)N2c1cccc(C(C)C)c1. The summed E-state index contributed by atoms with van der Waals surface area (Å²) >= 11 is 0. The molecule has 0 amide bonds. The van der Waals surface area contributed by atoms with Crippen molar-refractivity contribution < 1.29 is 0 Å². The van der Waals surface area contributed by atoms with Gasteiger partial charge in [-0.05, 0) is 56.3 Å². The summed E-state index contributed by atoms with van der Waals surface area (Å²) in [7, 11) is 2.11. The number of fused-ring (bicyclic) bond motifs is 2. The Labute approximate surface area is 117 Å². The quantitative estimate of drug-likeness (QED) is 0.892. The van der Waals surface area contributed by atoms with Crippen molar-refractivity contribution in [2.24, 2.45) is 0 Å². The smallest absolute Gasteiger partial charge is 0.0374 e. The normalized spacial score (nSPS) is 30.1. The number of nitrogens with zero attached hydrogens (tertiary/aromatic N) is 1. The van der Waals surface area contributed by atoms with Crippen LogP contribution in [0, 0.1) is 0 Å². The van der Waals surface area contributed by atoms with Crippen LogP contribution in [-0.4, -0.2) is 25.2 Å². The summed E-state index contributed by atoms with van der Waals surface area (Å²) in [5, 5.41) is 3.48. The molecule has 2 unspecified atom stereocenters. The summed E-state index contributed by atoms with van der Waals surface area (Å²) < 4.78 is 0. The van der Waals surface area contributed by atoms with Crippen LogP contribution in [0.15, 0.2) is 24.3 Å². The average molecular weight is 258 g/mol. The van der Waals surface area contributed by atoms with E-state index in [9.17, 15) is 0 Å². The molecule has 2 nitrogen and oxygen atoms in total. The molecule has 0 aromatic heterocycles. The molecule has 3 rings (SSSR count). The topological polar surface area (TPSA) is 15.3 Å². The number of benzene rings is 1. The Bertz CT molecular complexity index is 427. The van der Waals surface area contributed by atoms with E-state index in [1.807, 2.05) is 0 Å².